The number of carbonyl (C=O) groups is 2. The molecule has 0 unspecified atom stereocenters. The van der Waals surface area contributed by atoms with Gasteiger partial charge in [0.1, 0.15) is 0 Å². The number of carbonyl (C=O) groups excluding carboxylic acids is 2. The molecule has 1 aliphatic rings. The first-order valence-electron chi connectivity index (χ1n) is 8.99. The summed E-state index contributed by atoms with van der Waals surface area (Å²) >= 11 is 0. The Balaban J connectivity index is 1.57. The molecule has 136 valence electrons. The molecule has 0 spiro atoms. The number of hydrogen-bond acceptors (Lipinski definition) is 3. The molecule has 0 aromatic heterocycles. The highest BCUT2D eigenvalue weighted by Gasteiger charge is 2.29. The molecular formula is C21H25N3O2. The van der Waals surface area contributed by atoms with Crippen LogP contribution in [0.2, 0.25) is 0 Å². The lowest BCUT2D eigenvalue weighted by Gasteiger charge is -2.38. The van der Waals surface area contributed by atoms with Crippen molar-refractivity contribution in [2.45, 2.75) is 13.0 Å². The highest BCUT2D eigenvalue weighted by atomic mass is 16.2. The van der Waals surface area contributed by atoms with Crippen LogP contribution in [0.25, 0.3) is 0 Å². The average molecular weight is 351 g/mol. The minimum atomic E-state index is -0.214. The van der Waals surface area contributed by atoms with E-state index in [0.717, 1.165) is 5.69 Å². The lowest BCUT2D eigenvalue weighted by Crippen LogP contribution is -2.55. The maximum atomic E-state index is 12.8. The summed E-state index contributed by atoms with van der Waals surface area (Å²) in [5.41, 5.74) is 1.61. The van der Waals surface area contributed by atoms with E-state index in [1.165, 1.54) is 0 Å². The zero-order valence-electron chi connectivity index (χ0n) is 15.3. The maximum Gasteiger partial charge on any atom is 0.253 e. The number of amides is 2. The molecule has 1 saturated heterocycles. The van der Waals surface area contributed by atoms with Crippen LogP contribution >= 0.6 is 0 Å². The van der Waals surface area contributed by atoms with Crippen LogP contribution < -0.4 is 4.90 Å². The summed E-state index contributed by atoms with van der Waals surface area (Å²) in [5, 5.41) is 0. The van der Waals surface area contributed by atoms with E-state index in [1.807, 2.05) is 79.5 Å². The summed E-state index contributed by atoms with van der Waals surface area (Å²) in [6.07, 6.45) is 0. The highest BCUT2D eigenvalue weighted by molar-refractivity contribution is 5.96. The van der Waals surface area contributed by atoms with Crippen molar-refractivity contribution in [1.29, 1.82) is 0 Å². The molecule has 3 rings (SSSR count). The Bertz CT molecular complexity index is 740. The Morgan fingerprint density at radius 1 is 0.885 bits per heavy atom. The molecule has 2 amide bonds. The number of nitrogens with zero attached hydrogens (tertiary/aromatic N) is 3. The zero-order valence-corrected chi connectivity index (χ0v) is 15.3. The Morgan fingerprint density at radius 2 is 1.42 bits per heavy atom. The first-order chi connectivity index (χ1) is 12.6. The molecule has 5 heteroatoms. The van der Waals surface area contributed by atoms with Gasteiger partial charge in [0.15, 0.2) is 0 Å². The fourth-order valence-corrected chi connectivity index (χ4v) is 3.29. The van der Waals surface area contributed by atoms with E-state index in [4.69, 9.17) is 0 Å². The Kier molecular flexibility index (Phi) is 5.68. The molecule has 0 aliphatic carbocycles. The molecule has 2 aromatic rings. The summed E-state index contributed by atoms with van der Waals surface area (Å²) in [4.78, 5) is 31.0. The van der Waals surface area contributed by atoms with Crippen LogP contribution in [-0.2, 0) is 4.79 Å². The lowest BCUT2D eigenvalue weighted by atomic mass is 10.1. The van der Waals surface area contributed by atoms with E-state index < -0.39 is 0 Å². The van der Waals surface area contributed by atoms with E-state index >= 15 is 0 Å². The van der Waals surface area contributed by atoms with Crippen LogP contribution in [0.1, 0.15) is 17.3 Å². The maximum absolute atomic E-state index is 12.8. The number of rotatable bonds is 4. The van der Waals surface area contributed by atoms with Crippen molar-refractivity contribution in [2.24, 2.45) is 0 Å². The second kappa shape index (κ2) is 8.15. The summed E-state index contributed by atoms with van der Waals surface area (Å²) in [5.74, 6) is 0.129. The fraction of sp³-hybridized carbons (Fsp3) is 0.333. The van der Waals surface area contributed by atoms with Gasteiger partial charge in [-0.05, 0) is 31.2 Å². The van der Waals surface area contributed by atoms with Crippen LogP contribution in [0.3, 0.4) is 0 Å². The fourth-order valence-electron chi connectivity index (χ4n) is 3.29. The predicted molar refractivity (Wildman–Crippen MR) is 103 cm³/mol. The first-order valence-corrected chi connectivity index (χ1v) is 8.99. The van der Waals surface area contributed by atoms with Gasteiger partial charge < -0.3 is 9.80 Å². The van der Waals surface area contributed by atoms with E-state index in [0.29, 0.717) is 31.7 Å². The van der Waals surface area contributed by atoms with Crippen molar-refractivity contribution in [3.8, 4) is 0 Å². The zero-order chi connectivity index (χ0) is 18.5. The SMILES string of the molecule is C[C@@H](C(=O)N(C)c1ccccc1)N1CCN(C(=O)c2ccccc2)CC1. The molecule has 26 heavy (non-hydrogen) atoms. The summed E-state index contributed by atoms with van der Waals surface area (Å²) < 4.78 is 0. The van der Waals surface area contributed by atoms with Crippen LogP contribution in [0.15, 0.2) is 60.7 Å². The van der Waals surface area contributed by atoms with Gasteiger partial charge in [-0.25, -0.2) is 0 Å². The highest BCUT2D eigenvalue weighted by Crippen LogP contribution is 2.16. The van der Waals surface area contributed by atoms with Gasteiger partial charge in [0.25, 0.3) is 5.91 Å². The number of likely N-dealkylation sites (N-methyl/N-ethyl adjacent to an activating group) is 1. The van der Waals surface area contributed by atoms with Gasteiger partial charge >= 0.3 is 0 Å². The number of piperazine rings is 1. The van der Waals surface area contributed by atoms with Crippen LogP contribution in [0, 0.1) is 0 Å². The third-order valence-electron chi connectivity index (χ3n) is 5.00. The standard InChI is InChI=1S/C21H25N3O2/c1-17(20(25)22(2)19-11-7-4-8-12-19)23-13-15-24(16-14-23)21(26)18-9-5-3-6-10-18/h3-12,17H,13-16H2,1-2H3/t17-/m0/s1. The quantitative estimate of drug-likeness (QED) is 0.850. The van der Waals surface area contributed by atoms with Gasteiger partial charge in [-0.1, -0.05) is 36.4 Å². The topological polar surface area (TPSA) is 43.9 Å². The predicted octanol–water partition coefficient (Wildman–Crippen LogP) is 2.50. The molecule has 0 radical (unpaired) electrons. The molecule has 0 N–H and O–H groups in total. The number of para-hydroxylation sites is 1. The van der Waals surface area contributed by atoms with Gasteiger partial charge in [0, 0.05) is 44.5 Å². The van der Waals surface area contributed by atoms with Crippen molar-refractivity contribution in [3.63, 3.8) is 0 Å². The van der Waals surface area contributed by atoms with E-state index in [-0.39, 0.29) is 17.9 Å². The van der Waals surface area contributed by atoms with Gasteiger partial charge in [-0.15, -0.1) is 0 Å². The monoisotopic (exact) mass is 351 g/mol. The summed E-state index contributed by atoms with van der Waals surface area (Å²) in [7, 11) is 1.81. The van der Waals surface area contributed by atoms with Crippen LogP contribution in [0.4, 0.5) is 5.69 Å². The van der Waals surface area contributed by atoms with Crippen molar-refractivity contribution in [2.75, 3.05) is 38.1 Å². The molecule has 2 aromatic carbocycles. The molecule has 1 fully saturated rings. The Labute approximate surface area is 154 Å². The van der Waals surface area contributed by atoms with Crippen LogP contribution in [0.5, 0.6) is 0 Å². The summed E-state index contributed by atoms with van der Waals surface area (Å²) in [6, 6.07) is 18.8. The van der Waals surface area contributed by atoms with Crippen molar-refractivity contribution >= 4 is 17.5 Å². The number of hydrogen-bond donors (Lipinski definition) is 0. The Hall–Kier alpha value is -2.66. The third-order valence-corrected chi connectivity index (χ3v) is 5.00. The average Bonchev–Trinajstić information content (AvgIpc) is 2.73. The van der Waals surface area contributed by atoms with Crippen molar-refractivity contribution in [1.82, 2.24) is 9.80 Å². The number of benzene rings is 2. The number of anilines is 1. The van der Waals surface area contributed by atoms with Crippen molar-refractivity contribution in [3.05, 3.63) is 66.2 Å². The molecule has 1 heterocycles. The lowest BCUT2D eigenvalue weighted by molar-refractivity contribution is -0.123. The molecule has 0 bridgehead atoms. The molecule has 5 nitrogen and oxygen atoms in total. The second-order valence-electron chi connectivity index (χ2n) is 6.60. The van der Waals surface area contributed by atoms with E-state index in [9.17, 15) is 9.59 Å². The minimum Gasteiger partial charge on any atom is -0.336 e. The first kappa shape index (κ1) is 18.1. The minimum absolute atomic E-state index is 0.0608. The molecule has 1 atom stereocenters. The summed E-state index contributed by atoms with van der Waals surface area (Å²) in [6.45, 7) is 4.62. The van der Waals surface area contributed by atoms with E-state index in [2.05, 4.69) is 4.90 Å². The van der Waals surface area contributed by atoms with Crippen molar-refractivity contribution < 1.29 is 9.59 Å². The van der Waals surface area contributed by atoms with Crippen LogP contribution in [-0.4, -0.2) is 60.9 Å². The smallest absolute Gasteiger partial charge is 0.253 e. The third kappa shape index (κ3) is 3.94. The van der Waals surface area contributed by atoms with Gasteiger partial charge in [0.05, 0.1) is 6.04 Å². The molecule has 0 saturated carbocycles. The largest absolute Gasteiger partial charge is 0.336 e. The van der Waals surface area contributed by atoms with Gasteiger partial charge in [0.2, 0.25) is 5.91 Å². The van der Waals surface area contributed by atoms with Gasteiger partial charge in [-0.3, -0.25) is 14.5 Å². The normalized spacial score (nSPS) is 16.2. The molecular weight excluding hydrogens is 326 g/mol. The molecule has 1 aliphatic heterocycles. The van der Waals surface area contributed by atoms with E-state index in [1.54, 1.807) is 4.90 Å². The Morgan fingerprint density at radius 3 is 2.00 bits per heavy atom. The second-order valence-corrected chi connectivity index (χ2v) is 6.60. The van der Waals surface area contributed by atoms with Gasteiger partial charge in [-0.2, -0.15) is 0 Å².